The van der Waals surface area contributed by atoms with E-state index in [0.29, 0.717) is 38.3 Å². The molecule has 1 aromatic carbocycles. The molecule has 166 valence electrons. The lowest BCUT2D eigenvalue weighted by molar-refractivity contribution is -0.137. The second-order valence-electron chi connectivity index (χ2n) is 6.77. The minimum Gasteiger partial charge on any atom is -0.370 e. The summed E-state index contributed by atoms with van der Waals surface area (Å²) in [5.41, 5.74) is 0.893. The Morgan fingerprint density at radius 1 is 1.40 bits per heavy atom. The van der Waals surface area contributed by atoms with Crippen LogP contribution in [0, 0.1) is 6.92 Å². The highest BCUT2D eigenvalue weighted by Crippen LogP contribution is 2.32. The van der Waals surface area contributed by atoms with Crippen molar-refractivity contribution in [1.29, 1.82) is 0 Å². The third-order valence-corrected chi connectivity index (χ3v) is 5.41. The summed E-state index contributed by atoms with van der Waals surface area (Å²) < 4.78 is 44.9. The van der Waals surface area contributed by atoms with Crippen molar-refractivity contribution in [2.24, 2.45) is 4.99 Å². The van der Waals surface area contributed by atoms with E-state index in [4.69, 9.17) is 4.74 Å². The van der Waals surface area contributed by atoms with Gasteiger partial charge in [-0.2, -0.15) is 13.2 Å². The van der Waals surface area contributed by atoms with Crippen molar-refractivity contribution in [2.45, 2.75) is 32.5 Å². The number of halogens is 4. The van der Waals surface area contributed by atoms with Crippen molar-refractivity contribution >= 4 is 41.3 Å². The van der Waals surface area contributed by atoms with Gasteiger partial charge < -0.3 is 15.0 Å². The van der Waals surface area contributed by atoms with Crippen LogP contribution in [-0.4, -0.2) is 48.6 Å². The highest BCUT2D eigenvalue weighted by molar-refractivity contribution is 14.0. The quantitative estimate of drug-likeness (QED) is 0.332. The molecule has 1 saturated heterocycles. The van der Waals surface area contributed by atoms with Gasteiger partial charge in [0.25, 0.3) is 0 Å². The second kappa shape index (κ2) is 11.3. The Labute approximate surface area is 195 Å². The fraction of sp³-hybridized carbons (Fsp3) is 0.500. The van der Waals surface area contributed by atoms with E-state index in [1.807, 2.05) is 24.1 Å². The van der Waals surface area contributed by atoms with Gasteiger partial charge in [0.1, 0.15) is 6.10 Å². The van der Waals surface area contributed by atoms with Crippen LogP contribution in [0.2, 0.25) is 0 Å². The van der Waals surface area contributed by atoms with Crippen LogP contribution < -0.4 is 5.32 Å². The lowest BCUT2D eigenvalue weighted by Crippen LogP contribution is -2.48. The zero-order valence-electron chi connectivity index (χ0n) is 16.9. The maximum absolute atomic E-state index is 13.0. The molecule has 1 N–H and O–H groups in total. The van der Waals surface area contributed by atoms with Crippen molar-refractivity contribution < 1.29 is 17.9 Å². The molecular formula is C20H26F3IN4OS. The van der Waals surface area contributed by atoms with Gasteiger partial charge in [0.2, 0.25) is 0 Å². The number of benzene rings is 1. The van der Waals surface area contributed by atoms with E-state index in [0.717, 1.165) is 29.1 Å². The molecule has 0 aliphatic carbocycles. The van der Waals surface area contributed by atoms with Crippen LogP contribution in [0.25, 0.3) is 0 Å². The molecule has 1 aromatic heterocycles. The van der Waals surface area contributed by atoms with Crippen molar-refractivity contribution in [1.82, 2.24) is 15.2 Å². The van der Waals surface area contributed by atoms with Crippen molar-refractivity contribution in [3.63, 3.8) is 0 Å². The van der Waals surface area contributed by atoms with Crippen molar-refractivity contribution in [2.75, 3.05) is 32.8 Å². The summed E-state index contributed by atoms with van der Waals surface area (Å²) in [6.45, 7) is 6.78. The topological polar surface area (TPSA) is 49.8 Å². The molecule has 1 aliphatic rings. The molecule has 0 spiro atoms. The molecule has 1 unspecified atom stereocenters. The van der Waals surface area contributed by atoms with Crippen LogP contribution in [-0.2, 0) is 17.3 Å². The van der Waals surface area contributed by atoms with E-state index >= 15 is 0 Å². The number of hydrogen-bond donors (Lipinski definition) is 1. The van der Waals surface area contributed by atoms with Gasteiger partial charge in [0, 0.05) is 31.4 Å². The van der Waals surface area contributed by atoms with Gasteiger partial charge in [-0.15, -0.1) is 35.3 Å². The summed E-state index contributed by atoms with van der Waals surface area (Å²) in [5, 5.41) is 6.35. The summed E-state index contributed by atoms with van der Waals surface area (Å²) in [7, 11) is 0. The molecular weight excluding hydrogens is 528 g/mol. The van der Waals surface area contributed by atoms with Gasteiger partial charge in [0.05, 0.1) is 29.4 Å². The Balaban J connectivity index is 0.00000320. The molecule has 3 rings (SSSR count). The number of aromatic nitrogens is 1. The van der Waals surface area contributed by atoms with Gasteiger partial charge in [-0.3, -0.25) is 4.99 Å². The van der Waals surface area contributed by atoms with Gasteiger partial charge in [0.15, 0.2) is 5.96 Å². The SMILES string of the molecule is CCNC(=NCCc1csc(C)n1)N1CCOC(c2cccc(C(F)(F)F)c2)C1.I. The molecule has 2 aromatic rings. The fourth-order valence-corrected chi connectivity index (χ4v) is 3.83. The van der Waals surface area contributed by atoms with Crippen LogP contribution in [0.1, 0.15) is 34.9 Å². The number of guanidine groups is 1. The first-order valence-electron chi connectivity index (χ1n) is 9.60. The standard InChI is InChI=1S/C20H25F3N4OS.HI/c1-3-24-19(25-8-7-17-13-29-14(2)26-17)27-9-10-28-18(12-27)15-5-4-6-16(11-15)20(21,22)23;/h4-6,11,13,18H,3,7-10,12H2,1-2H3,(H,24,25);1H. The highest BCUT2D eigenvalue weighted by atomic mass is 127. The maximum Gasteiger partial charge on any atom is 0.416 e. The minimum absolute atomic E-state index is 0. The minimum atomic E-state index is -4.37. The largest absolute Gasteiger partial charge is 0.416 e. The van der Waals surface area contributed by atoms with Gasteiger partial charge in [-0.05, 0) is 31.5 Å². The number of aliphatic imine (C=N–C) groups is 1. The van der Waals surface area contributed by atoms with E-state index in [1.54, 1.807) is 17.4 Å². The zero-order chi connectivity index (χ0) is 20.9. The summed E-state index contributed by atoms with van der Waals surface area (Å²) in [4.78, 5) is 11.2. The molecule has 1 aliphatic heterocycles. The van der Waals surface area contributed by atoms with Crippen LogP contribution in [0.15, 0.2) is 34.6 Å². The number of thiazole rings is 1. The van der Waals surface area contributed by atoms with E-state index in [-0.39, 0.29) is 24.0 Å². The maximum atomic E-state index is 13.0. The Bertz CT molecular complexity index is 843. The second-order valence-corrected chi connectivity index (χ2v) is 7.83. The number of ether oxygens (including phenoxy) is 1. The number of hydrogen-bond acceptors (Lipinski definition) is 4. The lowest BCUT2D eigenvalue weighted by atomic mass is 10.0. The molecule has 0 radical (unpaired) electrons. The molecule has 30 heavy (non-hydrogen) atoms. The van der Waals surface area contributed by atoms with Crippen LogP contribution in [0.5, 0.6) is 0 Å². The van der Waals surface area contributed by atoms with E-state index in [1.165, 1.54) is 12.1 Å². The number of nitrogens with zero attached hydrogens (tertiary/aromatic N) is 3. The number of alkyl halides is 3. The van der Waals surface area contributed by atoms with Crippen LogP contribution in [0.3, 0.4) is 0 Å². The first-order chi connectivity index (χ1) is 13.9. The van der Waals surface area contributed by atoms with Gasteiger partial charge in [-0.25, -0.2) is 4.98 Å². The normalized spacial score (nSPS) is 17.6. The molecule has 0 bridgehead atoms. The fourth-order valence-electron chi connectivity index (χ4n) is 3.18. The molecule has 1 fully saturated rings. The Morgan fingerprint density at radius 3 is 2.87 bits per heavy atom. The summed E-state index contributed by atoms with van der Waals surface area (Å²) in [5.74, 6) is 0.750. The van der Waals surface area contributed by atoms with Crippen LogP contribution in [0.4, 0.5) is 13.2 Å². The first-order valence-corrected chi connectivity index (χ1v) is 10.5. The number of rotatable bonds is 5. The summed E-state index contributed by atoms with van der Waals surface area (Å²) >= 11 is 1.62. The Morgan fingerprint density at radius 2 is 2.20 bits per heavy atom. The third kappa shape index (κ3) is 6.81. The van der Waals surface area contributed by atoms with E-state index < -0.39 is 17.8 Å². The van der Waals surface area contributed by atoms with Crippen molar-refractivity contribution in [3.05, 3.63) is 51.5 Å². The predicted molar refractivity (Wildman–Crippen MR) is 124 cm³/mol. The molecule has 5 nitrogen and oxygen atoms in total. The lowest BCUT2D eigenvalue weighted by Gasteiger charge is -2.35. The van der Waals surface area contributed by atoms with Gasteiger partial charge in [-0.1, -0.05) is 12.1 Å². The average molecular weight is 554 g/mol. The number of morpholine rings is 1. The average Bonchev–Trinajstić information content (AvgIpc) is 3.12. The molecule has 2 heterocycles. The number of nitrogens with one attached hydrogen (secondary N) is 1. The zero-order valence-corrected chi connectivity index (χ0v) is 20.1. The third-order valence-electron chi connectivity index (χ3n) is 4.58. The van der Waals surface area contributed by atoms with Gasteiger partial charge >= 0.3 is 6.18 Å². The molecule has 1 atom stereocenters. The molecule has 10 heteroatoms. The van der Waals surface area contributed by atoms with Crippen molar-refractivity contribution in [3.8, 4) is 0 Å². The predicted octanol–water partition coefficient (Wildman–Crippen LogP) is 4.67. The van der Waals surface area contributed by atoms with E-state index in [9.17, 15) is 13.2 Å². The van der Waals surface area contributed by atoms with E-state index in [2.05, 4.69) is 15.3 Å². The molecule has 0 amide bonds. The number of aryl methyl sites for hydroxylation is 1. The highest BCUT2D eigenvalue weighted by Gasteiger charge is 2.32. The monoisotopic (exact) mass is 554 g/mol. The van der Waals surface area contributed by atoms with Crippen LogP contribution >= 0.6 is 35.3 Å². The summed E-state index contributed by atoms with van der Waals surface area (Å²) in [6, 6.07) is 5.35. The first kappa shape index (κ1) is 24.9. The smallest absolute Gasteiger partial charge is 0.370 e. The molecule has 0 saturated carbocycles. The Hall–Kier alpha value is -1.40. The Kier molecular flexibility index (Phi) is 9.35. The summed E-state index contributed by atoms with van der Waals surface area (Å²) in [6.07, 6.45) is -4.05.